The Bertz CT molecular complexity index is 1060. The molecule has 0 aromatic heterocycles. The molecule has 0 radical (unpaired) electrons. The molecule has 100 valence electrons. The maximum Gasteiger partial charge on any atom is -0.00178 e. The molecule has 0 nitrogen and oxygen atoms in total. The lowest BCUT2D eigenvalue weighted by Gasteiger charge is -2.20. The van der Waals surface area contributed by atoms with Crippen molar-refractivity contribution >= 4 is 38.4 Å². The second-order valence-corrected chi connectivity index (χ2v) is 6.30. The van der Waals surface area contributed by atoms with Gasteiger partial charge in [0.15, 0.2) is 0 Å². The van der Waals surface area contributed by atoms with Crippen LogP contribution < -0.4 is 0 Å². The second kappa shape index (κ2) is 3.65. The van der Waals surface area contributed by atoms with Crippen LogP contribution in [0.5, 0.6) is 0 Å². The zero-order valence-corrected chi connectivity index (χ0v) is 12.3. The van der Waals surface area contributed by atoms with Crippen molar-refractivity contribution in [3.63, 3.8) is 0 Å². The van der Waals surface area contributed by atoms with Crippen LogP contribution in [0.4, 0.5) is 0 Å². The first kappa shape index (κ1) is 11.3. The summed E-state index contributed by atoms with van der Waals surface area (Å²) in [5, 5.41) is 8.54. The molecule has 1 aliphatic carbocycles. The highest BCUT2D eigenvalue weighted by Crippen LogP contribution is 2.41. The molecule has 0 fully saturated rings. The highest BCUT2D eigenvalue weighted by molar-refractivity contribution is 6.26. The maximum absolute atomic E-state index is 2.37. The van der Waals surface area contributed by atoms with Crippen molar-refractivity contribution < 1.29 is 0 Å². The van der Waals surface area contributed by atoms with E-state index < -0.39 is 0 Å². The normalized spacial score (nSPS) is 13.8. The van der Waals surface area contributed by atoms with Crippen molar-refractivity contribution in [1.82, 2.24) is 0 Å². The zero-order chi connectivity index (χ0) is 14.1. The van der Waals surface area contributed by atoms with E-state index in [4.69, 9.17) is 0 Å². The van der Waals surface area contributed by atoms with Gasteiger partial charge in [0.2, 0.25) is 0 Å². The number of rotatable bonds is 0. The summed E-state index contributed by atoms with van der Waals surface area (Å²) >= 11 is 0. The van der Waals surface area contributed by atoms with Gasteiger partial charge in [0.1, 0.15) is 0 Å². The molecular weight excluding hydrogens is 252 g/mol. The van der Waals surface area contributed by atoms with E-state index in [1.807, 2.05) is 0 Å². The quantitative estimate of drug-likeness (QED) is 0.355. The molecule has 0 saturated carbocycles. The lowest BCUT2D eigenvalue weighted by molar-refractivity contribution is 1.30. The van der Waals surface area contributed by atoms with Gasteiger partial charge in [-0.2, -0.15) is 0 Å². The first-order valence-corrected chi connectivity index (χ1v) is 7.61. The summed E-state index contributed by atoms with van der Waals surface area (Å²) < 4.78 is 0. The standard InChI is InChI=1S/C21H16/c1-12-10-17-11-16-5-3-4-14-6-7-15-8-9-18(13(12)2)20(17)21(15)19(14)16/h3,5-11H,4H2,1-2H3. The lowest BCUT2D eigenvalue weighted by Crippen LogP contribution is -1.96. The average molecular weight is 268 g/mol. The van der Waals surface area contributed by atoms with E-state index in [2.05, 4.69) is 62.4 Å². The Morgan fingerprint density at radius 3 is 2.57 bits per heavy atom. The Labute approximate surface area is 124 Å². The van der Waals surface area contributed by atoms with Crippen LogP contribution in [0.3, 0.4) is 0 Å². The molecule has 0 unspecified atom stereocenters. The van der Waals surface area contributed by atoms with Gasteiger partial charge in [-0.3, -0.25) is 0 Å². The summed E-state index contributed by atoms with van der Waals surface area (Å²) in [6.45, 7) is 4.46. The van der Waals surface area contributed by atoms with Crippen LogP contribution in [0.15, 0.2) is 42.5 Å². The van der Waals surface area contributed by atoms with Crippen molar-refractivity contribution in [1.29, 1.82) is 0 Å². The summed E-state index contributed by atoms with van der Waals surface area (Å²) in [6.07, 6.45) is 5.63. The van der Waals surface area contributed by atoms with E-state index >= 15 is 0 Å². The second-order valence-electron chi connectivity index (χ2n) is 6.30. The van der Waals surface area contributed by atoms with Gasteiger partial charge in [0.05, 0.1) is 0 Å². The Morgan fingerprint density at radius 2 is 1.67 bits per heavy atom. The van der Waals surface area contributed by atoms with Gasteiger partial charge < -0.3 is 0 Å². The minimum atomic E-state index is 1.05. The molecular formula is C21H16. The third-order valence-corrected chi connectivity index (χ3v) is 5.16. The molecule has 0 heterocycles. The largest absolute Gasteiger partial charge is 0.0795 e. The van der Waals surface area contributed by atoms with Gasteiger partial charge in [-0.1, -0.05) is 42.5 Å². The highest BCUT2D eigenvalue weighted by Gasteiger charge is 2.16. The van der Waals surface area contributed by atoms with Gasteiger partial charge in [-0.25, -0.2) is 0 Å². The number of hydrogen-bond acceptors (Lipinski definition) is 0. The van der Waals surface area contributed by atoms with E-state index in [1.54, 1.807) is 0 Å². The van der Waals surface area contributed by atoms with Crippen molar-refractivity contribution in [2.75, 3.05) is 0 Å². The number of benzene rings is 4. The van der Waals surface area contributed by atoms with Crippen LogP contribution in [0.1, 0.15) is 22.3 Å². The van der Waals surface area contributed by atoms with E-state index in [1.165, 1.54) is 54.6 Å². The molecule has 0 aliphatic heterocycles. The molecule has 0 amide bonds. The molecule has 5 rings (SSSR count). The minimum Gasteiger partial charge on any atom is -0.0795 e. The summed E-state index contributed by atoms with van der Waals surface area (Å²) in [5.41, 5.74) is 5.64. The highest BCUT2D eigenvalue weighted by atomic mass is 14.2. The smallest absolute Gasteiger partial charge is 0.00178 e. The Kier molecular flexibility index (Phi) is 1.97. The number of allylic oxidation sites excluding steroid dienone is 1. The lowest BCUT2D eigenvalue weighted by atomic mass is 9.84. The Morgan fingerprint density at radius 1 is 0.810 bits per heavy atom. The van der Waals surface area contributed by atoms with E-state index in [0.717, 1.165) is 6.42 Å². The Hall–Kier alpha value is -2.34. The van der Waals surface area contributed by atoms with E-state index in [0.29, 0.717) is 0 Å². The van der Waals surface area contributed by atoms with Gasteiger partial charge in [0.25, 0.3) is 0 Å². The molecule has 0 saturated heterocycles. The summed E-state index contributed by atoms with van der Waals surface area (Å²) in [4.78, 5) is 0. The van der Waals surface area contributed by atoms with Gasteiger partial charge in [-0.15, -0.1) is 0 Å². The summed E-state index contributed by atoms with van der Waals surface area (Å²) in [6, 6.07) is 13.9. The van der Waals surface area contributed by atoms with Crippen LogP contribution in [-0.4, -0.2) is 0 Å². The molecule has 21 heavy (non-hydrogen) atoms. The van der Waals surface area contributed by atoms with Crippen molar-refractivity contribution in [3.8, 4) is 0 Å². The van der Waals surface area contributed by atoms with Crippen molar-refractivity contribution in [2.24, 2.45) is 0 Å². The van der Waals surface area contributed by atoms with Crippen LogP contribution >= 0.6 is 0 Å². The Balaban J connectivity index is 2.21. The molecule has 0 bridgehead atoms. The monoisotopic (exact) mass is 268 g/mol. The molecule has 4 aromatic rings. The molecule has 0 N–H and O–H groups in total. The van der Waals surface area contributed by atoms with Gasteiger partial charge in [-0.05, 0) is 80.9 Å². The fraction of sp³-hybridized carbons (Fsp3) is 0.143. The minimum absolute atomic E-state index is 1.05. The molecule has 0 atom stereocenters. The molecule has 1 aliphatic rings. The summed E-state index contributed by atoms with van der Waals surface area (Å²) in [7, 11) is 0. The summed E-state index contributed by atoms with van der Waals surface area (Å²) in [5.74, 6) is 0. The fourth-order valence-corrected chi connectivity index (χ4v) is 4.00. The zero-order valence-electron chi connectivity index (χ0n) is 12.3. The van der Waals surface area contributed by atoms with Crippen LogP contribution in [0.25, 0.3) is 38.4 Å². The maximum atomic E-state index is 2.37. The number of hydrogen-bond donors (Lipinski definition) is 0. The van der Waals surface area contributed by atoms with E-state index in [-0.39, 0.29) is 0 Å². The van der Waals surface area contributed by atoms with Crippen molar-refractivity contribution in [2.45, 2.75) is 20.3 Å². The van der Waals surface area contributed by atoms with Gasteiger partial charge in [0, 0.05) is 0 Å². The predicted molar refractivity (Wildman–Crippen MR) is 92.4 cm³/mol. The number of aryl methyl sites for hydroxylation is 2. The van der Waals surface area contributed by atoms with Crippen LogP contribution in [-0.2, 0) is 6.42 Å². The third-order valence-electron chi connectivity index (χ3n) is 5.16. The SMILES string of the molecule is Cc1cc2cc3c4c(ccc5ccc(c1C)c2c54)CC=C3. The topological polar surface area (TPSA) is 0 Å². The van der Waals surface area contributed by atoms with Crippen LogP contribution in [0.2, 0.25) is 0 Å². The molecule has 0 spiro atoms. The van der Waals surface area contributed by atoms with Crippen molar-refractivity contribution in [3.05, 3.63) is 64.7 Å². The first-order valence-electron chi connectivity index (χ1n) is 7.61. The van der Waals surface area contributed by atoms with E-state index in [9.17, 15) is 0 Å². The first-order chi connectivity index (χ1) is 10.2. The van der Waals surface area contributed by atoms with Gasteiger partial charge >= 0.3 is 0 Å². The molecule has 4 aromatic carbocycles. The average Bonchev–Trinajstić information content (AvgIpc) is 2.51. The third kappa shape index (κ3) is 1.30. The molecule has 0 heteroatoms. The fourth-order valence-electron chi connectivity index (χ4n) is 4.00. The predicted octanol–water partition coefficient (Wildman–Crippen LogP) is 5.77. The van der Waals surface area contributed by atoms with Crippen LogP contribution in [0, 0.1) is 13.8 Å².